The molecule has 1 fully saturated rings. The van der Waals surface area contributed by atoms with E-state index in [0.29, 0.717) is 0 Å². The fraction of sp³-hybridized carbons (Fsp3) is 0.750. The maximum atomic E-state index is 9.65. The van der Waals surface area contributed by atoms with Gasteiger partial charge in [-0.2, -0.15) is 0 Å². The van der Waals surface area contributed by atoms with Gasteiger partial charge in [0.25, 0.3) is 0 Å². The van der Waals surface area contributed by atoms with Crippen LogP contribution in [0.1, 0.15) is 13.3 Å². The second-order valence-electron chi connectivity index (χ2n) is 3.56. The van der Waals surface area contributed by atoms with Crippen molar-refractivity contribution in [1.82, 2.24) is 0 Å². The van der Waals surface area contributed by atoms with Crippen molar-refractivity contribution >= 4 is 0 Å². The highest BCUT2D eigenvalue weighted by Crippen LogP contribution is 2.45. The molecule has 0 aromatic heterocycles. The van der Waals surface area contributed by atoms with Crippen molar-refractivity contribution in [2.24, 2.45) is 11.8 Å². The summed E-state index contributed by atoms with van der Waals surface area (Å²) >= 11 is 0. The van der Waals surface area contributed by atoms with Crippen LogP contribution in [0.15, 0.2) is 12.2 Å². The first-order valence-corrected chi connectivity index (χ1v) is 3.71. The van der Waals surface area contributed by atoms with Gasteiger partial charge in [0.05, 0.1) is 11.7 Å². The molecule has 4 unspecified atom stereocenters. The lowest BCUT2D eigenvalue weighted by Gasteiger charge is -2.29. The molecule has 0 radical (unpaired) electrons. The van der Waals surface area contributed by atoms with Crippen molar-refractivity contribution in [2.45, 2.75) is 25.0 Å². The van der Waals surface area contributed by atoms with Crippen LogP contribution in [-0.4, -0.2) is 21.9 Å². The Bertz CT molecular complexity index is 184. The van der Waals surface area contributed by atoms with Crippen LogP contribution >= 0.6 is 0 Å². The molecule has 2 heteroatoms. The summed E-state index contributed by atoms with van der Waals surface area (Å²) < 4.78 is 0. The van der Waals surface area contributed by atoms with Gasteiger partial charge in [-0.3, -0.25) is 0 Å². The molecule has 2 rings (SSSR count). The summed E-state index contributed by atoms with van der Waals surface area (Å²) in [6.07, 6.45) is 4.40. The minimum atomic E-state index is -0.862. The SMILES string of the molecule is CC1(O)C2C=CC(C2)C1O. The molecule has 10 heavy (non-hydrogen) atoms. The first-order valence-electron chi connectivity index (χ1n) is 3.71. The lowest BCUT2D eigenvalue weighted by molar-refractivity contribution is -0.0679. The molecule has 0 aromatic carbocycles. The molecule has 2 nitrogen and oxygen atoms in total. The number of aliphatic hydroxyl groups is 2. The average molecular weight is 140 g/mol. The summed E-state index contributed by atoms with van der Waals surface area (Å²) in [6, 6.07) is 0. The molecule has 2 aliphatic carbocycles. The van der Waals surface area contributed by atoms with E-state index in [1.807, 2.05) is 12.2 Å². The zero-order valence-corrected chi connectivity index (χ0v) is 5.99. The lowest BCUT2D eigenvalue weighted by Crippen LogP contribution is -2.42. The van der Waals surface area contributed by atoms with Crippen molar-refractivity contribution in [2.75, 3.05) is 0 Å². The largest absolute Gasteiger partial charge is 0.390 e. The molecule has 0 aromatic rings. The Morgan fingerprint density at radius 2 is 2.20 bits per heavy atom. The maximum absolute atomic E-state index is 9.65. The molecule has 0 saturated heterocycles. The highest BCUT2D eigenvalue weighted by molar-refractivity contribution is 5.19. The molecule has 0 spiro atoms. The van der Waals surface area contributed by atoms with Gasteiger partial charge < -0.3 is 10.2 Å². The van der Waals surface area contributed by atoms with E-state index in [1.165, 1.54) is 0 Å². The normalized spacial score (nSPS) is 58.1. The molecular weight excluding hydrogens is 128 g/mol. The predicted octanol–water partition coefficient (Wildman–Crippen LogP) is 0.304. The van der Waals surface area contributed by atoms with E-state index in [2.05, 4.69) is 0 Å². The van der Waals surface area contributed by atoms with Gasteiger partial charge in [-0.25, -0.2) is 0 Å². The highest BCUT2D eigenvalue weighted by Gasteiger charge is 2.51. The standard InChI is InChI=1S/C8H12O2/c1-8(10)6-3-2-5(4-6)7(8)9/h2-3,5-7,9-10H,4H2,1H3. The summed E-state index contributed by atoms with van der Waals surface area (Å²) in [5.74, 6) is 0.396. The van der Waals surface area contributed by atoms with Crippen molar-refractivity contribution in [3.8, 4) is 0 Å². The number of aliphatic hydroxyl groups excluding tert-OH is 1. The van der Waals surface area contributed by atoms with Gasteiger partial charge >= 0.3 is 0 Å². The Morgan fingerprint density at radius 3 is 2.50 bits per heavy atom. The van der Waals surface area contributed by atoms with Crippen molar-refractivity contribution in [1.29, 1.82) is 0 Å². The third-order valence-corrected chi connectivity index (χ3v) is 2.87. The molecule has 1 saturated carbocycles. The fourth-order valence-electron chi connectivity index (χ4n) is 2.05. The molecular formula is C8H12O2. The van der Waals surface area contributed by atoms with E-state index in [1.54, 1.807) is 6.92 Å². The van der Waals surface area contributed by atoms with Gasteiger partial charge in [-0.05, 0) is 13.3 Å². The average Bonchev–Trinajstić information content (AvgIpc) is 2.37. The third-order valence-electron chi connectivity index (χ3n) is 2.87. The monoisotopic (exact) mass is 140 g/mol. The molecule has 0 heterocycles. The molecule has 2 aliphatic rings. The van der Waals surface area contributed by atoms with Crippen LogP contribution in [0.4, 0.5) is 0 Å². The summed E-state index contributed by atoms with van der Waals surface area (Å²) in [6.45, 7) is 1.71. The Labute approximate surface area is 60.2 Å². The zero-order chi connectivity index (χ0) is 7.35. The molecule has 4 atom stereocenters. The highest BCUT2D eigenvalue weighted by atomic mass is 16.3. The van der Waals surface area contributed by atoms with E-state index in [-0.39, 0.29) is 11.8 Å². The van der Waals surface area contributed by atoms with Gasteiger partial charge in [0.15, 0.2) is 0 Å². The Kier molecular flexibility index (Phi) is 1.04. The summed E-state index contributed by atoms with van der Waals surface area (Å²) in [5, 5.41) is 19.1. The van der Waals surface area contributed by atoms with E-state index in [4.69, 9.17) is 0 Å². The first kappa shape index (κ1) is 6.38. The summed E-state index contributed by atoms with van der Waals surface area (Å²) in [4.78, 5) is 0. The van der Waals surface area contributed by atoms with Crippen LogP contribution in [-0.2, 0) is 0 Å². The van der Waals surface area contributed by atoms with E-state index in [9.17, 15) is 10.2 Å². The summed E-state index contributed by atoms with van der Waals surface area (Å²) in [7, 11) is 0. The Balaban J connectivity index is 2.35. The molecule has 2 bridgehead atoms. The van der Waals surface area contributed by atoms with Crippen LogP contribution in [0.2, 0.25) is 0 Å². The first-order chi connectivity index (χ1) is 4.62. The molecule has 0 amide bonds. The van der Waals surface area contributed by atoms with E-state index in [0.717, 1.165) is 6.42 Å². The van der Waals surface area contributed by atoms with Crippen LogP contribution in [0.5, 0.6) is 0 Å². The van der Waals surface area contributed by atoms with Gasteiger partial charge in [0.1, 0.15) is 0 Å². The Morgan fingerprint density at radius 1 is 1.50 bits per heavy atom. The van der Waals surface area contributed by atoms with Crippen LogP contribution < -0.4 is 0 Å². The van der Waals surface area contributed by atoms with Gasteiger partial charge in [-0.1, -0.05) is 12.2 Å². The van der Waals surface area contributed by atoms with E-state index >= 15 is 0 Å². The van der Waals surface area contributed by atoms with Crippen LogP contribution in [0.25, 0.3) is 0 Å². The smallest absolute Gasteiger partial charge is 0.0945 e. The molecule has 56 valence electrons. The zero-order valence-electron chi connectivity index (χ0n) is 5.99. The minimum Gasteiger partial charge on any atom is -0.390 e. The quantitative estimate of drug-likeness (QED) is 0.475. The maximum Gasteiger partial charge on any atom is 0.0945 e. The second kappa shape index (κ2) is 1.63. The molecule has 0 aliphatic heterocycles. The van der Waals surface area contributed by atoms with Crippen molar-refractivity contribution in [3.05, 3.63) is 12.2 Å². The third kappa shape index (κ3) is 0.559. The van der Waals surface area contributed by atoms with Gasteiger partial charge in [-0.15, -0.1) is 0 Å². The molecule has 2 N–H and O–H groups in total. The number of rotatable bonds is 0. The van der Waals surface area contributed by atoms with Crippen LogP contribution in [0.3, 0.4) is 0 Å². The topological polar surface area (TPSA) is 40.5 Å². The van der Waals surface area contributed by atoms with Gasteiger partial charge in [0.2, 0.25) is 0 Å². The number of hydrogen-bond donors (Lipinski definition) is 2. The fourth-order valence-corrected chi connectivity index (χ4v) is 2.05. The number of fused-ring (bicyclic) bond motifs is 2. The summed E-state index contributed by atoms with van der Waals surface area (Å²) in [5.41, 5.74) is -0.862. The lowest BCUT2D eigenvalue weighted by atomic mass is 9.88. The minimum absolute atomic E-state index is 0.187. The van der Waals surface area contributed by atoms with Crippen molar-refractivity contribution in [3.63, 3.8) is 0 Å². The van der Waals surface area contributed by atoms with E-state index < -0.39 is 11.7 Å². The predicted molar refractivity (Wildman–Crippen MR) is 37.4 cm³/mol. The Hall–Kier alpha value is -0.340. The number of hydrogen-bond acceptors (Lipinski definition) is 2. The second-order valence-corrected chi connectivity index (χ2v) is 3.56. The van der Waals surface area contributed by atoms with Crippen LogP contribution in [0, 0.1) is 11.8 Å². The van der Waals surface area contributed by atoms with Crippen molar-refractivity contribution < 1.29 is 10.2 Å². The van der Waals surface area contributed by atoms with Gasteiger partial charge in [0, 0.05) is 11.8 Å².